The van der Waals surface area contributed by atoms with Gasteiger partial charge in [-0.3, -0.25) is 4.79 Å². The van der Waals surface area contributed by atoms with Gasteiger partial charge in [-0.1, -0.05) is 0 Å². The first-order valence-electron chi connectivity index (χ1n) is 4.41. The number of hydrogen-bond donors (Lipinski definition) is 2. The number of fused-ring (bicyclic) bond motifs is 2. The van der Waals surface area contributed by atoms with Gasteiger partial charge >= 0.3 is 0 Å². The van der Waals surface area contributed by atoms with E-state index in [1.165, 1.54) is 0 Å². The minimum absolute atomic E-state index is 0.156. The molecule has 6 nitrogen and oxygen atoms in total. The summed E-state index contributed by atoms with van der Waals surface area (Å²) >= 11 is 0. The average molecular weight is 191 g/mol. The Morgan fingerprint density at radius 3 is 3.36 bits per heavy atom. The molecular weight excluding hydrogens is 182 g/mol. The van der Waals surface area contributed by atoms with E-state index in [1.807, 2.05) is 4.90 Å². The van der Waals surface area contributed by atoms with Crippen LogP contribution in [0.2, 0.25) is 0 Å². The smallest absolute Gasteiger partial charge is 0.272 e. The van der Waals surface area contributed by atoms with Crippen LogP contribution in [0.15, 0.2) is 11.3 Å². The minimum atomic E-state index is -0.231. The zero-order valence-corrected chi connectivity index (χ0v) is 7.40. The summed E-state index contributed by atoms with van der Waals surface area (Å²) in [4.78, 5) is 24.1. The second kappa shape index (κ2) is 2.34. The average Bonchev–Trinajstić information content (AvgIpc) is 2.70. The molecule has 1 aromatic rings. The van der Waals surface area contributed by atoms with Crippen molar-refractivity contribution in [1.29, 1.82) is 0 Å². The topological polar surface area (TPSA) is 87.4 Å². The summed E-state index contributed by atoms with van der Waals surface area (Å²) in [5, 5.41) is 0. The number of aliphatic imine (C=N–C) groups is 1. The fourth-order valence-electron chi connectivity index (χ4n) is 1.95. The SMILES string of the molecule is NC1=NC(=O)C2Cc3nc[nH]c3CN12. The van der Waals surface area contributed by atoms with E-state index in [1.54, 1.807) is 6.33 Å². The van der Waals surface area contributed by atoms with Crippen molar-refractivity contribution in [3.8, 4) is 0 Å². The maximum Gasteiger partial charge on any atom is 0.272 e. The number of imidazole rings is 1. The van der Waals surface area contributed by atoms with E-state index in [-0.39, 0.29) is 11.9 Å². The van der Waals surface area contributed by atoms with Crippen molar-refractivity contribution in [2.24, 2.45) is 10.7 Å². The standard InChI is InChI=1S/C8H9N5O/c9-8-12-7(14)6-1-4-5(2-13(6)8)11-3-10-4/h3,6H,1-2H2,(H,10,11)(H2,9,12,14). The van der Waals surface area contributed by atoms with Crippen molar-refractivity contribution in [2.75, 3.05) is 0 Å². The van der Waals surface area contributed by atoms with Gasteiger partial charge in [0.1, 0.15) is 6.04 Å². The molecule has 0 saturated carbocycles. The summed E-state index contributed by atoms with van der Waals surface area (Å²) in [5.74, 6) is 0.163. The molecule has 2 aliphatic rings. The highest BCUT2D eigenvalue weighted by Gasteiger charge is 2.38. The third-order valence-electron chi connectivity index (χ3n) is 2.70. The van der Waals surface area contributed by atoms with Gasteiger partial charge in [-0.15, -0.1) is 0 Å². The summed E-state index contributed by atoms with van der Waals surface area (Å²) in [6.07, 6.45) is 2.24. The van der Waals surface area contributed by atoms with Crippen molar-refractivity contribution in [3.63, 3.8) is 0 Å². The molecule has 0 saturated heterocycles. The normalized spacial score (nSPS) is 24.6. The predicted molar refractivity (Wildman–Crippen MR) is 48.3 cm³/mol. The summed E-state index contributed by atoms with van der Waals surface area (Å²) in [5.41, 5.74) is 7.60. The van der Waals surface area contributed by atoms with Gasteiger partial charge in [-0.05, 0) is 0 Å². The Labute approximate surface area is 79.8 Å². The highest BCUT2D eigenvalue weighted by atomic mass is 16.2. The van der Waals surface area contributed by atoms with E-state index in [0.29, 0.717) is 18.9 Å². The zero-order chi connectivity index (χ0) is 9.71. The third-order valence-corrected chi connectivity index (χ3v) is 2.70. The van der Waals surface area contributed by atoms with Crippen molar-refractivity contribution in [2.45, 2.75) is 19.0 Å². The van der Waals surface area contributed by atoms with E-state index >= 15 is 0 Å². The molecule has 0 spiro atoms. The minimum Gasteiger partial charge on any atom is -0.369 e. The van der Waals surface area contributed by atoms with Crippen LogP contribution < -0.4 is 5.73 Å². The van der Waals surface area contributed by atoms with Crippen LogP contribution >= 0.6 is 0 Å². The molecular formula is C8H9N5O. The molecule has 0 aliphatic carbocycles. The second-order valence-corrected chi connectivity index (χ2v) is 3.48. The van der Waals surface area contributed by atoms with Crippen LogP contribution in [0.1, 0.15) is 11.4 Å². The van der Waals surface area contributed by atoms with E-state index in [0.717, 1.165) is 11.4 Å². The number of aromatic amines is 1. The Kier molecular flexibility index (Phi) is 1.26. The zero-order valence-electron chi connectivity index (χ0n) is 7.40. The lowest BCUT2D eigenvalue weighted by Gasteiger charge is -2.28. The third kappa shape index (κ3) is 0.822. The number of amides is 1. The number of H-pyrrole nitrogens is 1. The summed E-state index contributed by atoms with van der Waals surface area (Å²) in [7, 11) is 0. The van der Waals surface area contributed by atoms with Gasteiger partial charge in [0.15, 0.2) is 5.96 Å². The molecule has 3 N–H and O–H groups in total. The number of nitrogens with one attached hydrogen (secondary N) is 1. The Bertz CT molecular complexity index is 435. The lowest BCUT2D eigenvalue weighted by atomic mass is 10.0. The summed E-state index contributed by atoms with van der Waals surface area (Å²) < 4.78 is 0. The number of rotatable bonds is 0. The van der Waals surface area contributed by atoms with E-state index in [9.17, 15) is 4.79 Å². The lowest BCUT2D eigenvalue weighted by Crippen LogP contribution is -2.45. The highest BCUT2D eigenvalue weighted by molar-refractivity contribution is 6.02. The Morgan fingerprint density at radius 1 is 1.64 bits per heavy atom. The van der Waals surface area contributed by atoms with E-state index in [2.05, 4.69) is 15.0 Å². The van der Waals surface area contributed by atoms with Crippen LogP contribution in [0.25, 0.3) is 0 Å². The number of hydrogen-bond acceptors (Lipinski definition) is 4. The Morgan fingerprint density at radius 2 is 2.50 bits per heavy atom. The van der Waals surface area contributed by atoms with Gasteiger partial charge in [0, 0.05) is 6.42 Å². The van der Waals surface area contributed by atoms with Crippen LogP contribution in [0.3, 0.4) is 0 Å². The second-order valence-electron chi connectivity index (χ2n) is 3.48. The van der Waals surface area contributed by atoms with Crippen LogP contribution in [-0.4, -0.2) is 32.8 Å². The maximum atomic E-state index is 11.4. The van der Waals surface area contributed by atoms with Gasteiger partial charge in [-0.2, -0.15) is 4.99 Å². The Balaban J connectivity index is 2.02. The van der Waals surface area contributed by atoms with Crippen molar-refractivity contribution < 1.29 is 4.79 Å². The monoisotopic (exact) mass is 191 g/mol. The number of carbonyl (C=O) groups is 1. The number of nitrogens with zero attached hydrogens (tertiary/aromatic N) is 3. The molecule has 3 rings (SSSR count). The first kappa shape index (κ1) is 7.54. The molecule has 0 fully saturated rings. The molecule has 3 heterocycles. The van der Waals surface area contributed by atoms with Crippen LogP contribution in [0.5, 0.6) is 0 Å². The first-order valence-corrected chi connectivity index (χ1v) is 4.41. The predicted octanol–water partition coefficient (Wildman–Crippen LogP) is -1.01. The summed E-state index contributed by atoms with van der Waals surface area (Å²) in [6, 6.07) is -0.231. The maximum absolute atomic E-state index is 11.4. The molecule has 0 radical (unpaired) electrons. The fraction of sp³-hybridized carbons (Fsp3) is 0.375. The fourth-order valence-corrected chi connectivity index (χ4v) is 1.95. The van der Waals surface area contributed by atoms with Crippen molar-refractivity contribution in [3.05, 3.63) is 17.7 Å². The van der Waals surface area contributed by atoms with E-state index < -0.39 is 0 Å². The number of nitrogens with two attached hydrogens (primary N) is 1. The van der Waals surface area contributed by atoms with Gasteiger partial charge in [0.05, 0.1) is 24.3 Å². The van der Waals surface area contributed by atoms with Crippen LogP contribution in [-0.2, 0) is 17.8 Å². The number of guanidine groups is 1. The molecule has 2 aliphatic heterocycles. The lowest BCUT2D eigenvalue weighted by molar-refractivity contribution is -0.120. The largest absolute Gasteiger partial charge is 0.369 e. The molecule has 6 heteroatoms. The molecule has 72 valence electrons. The Hall–Kier alpha value is -1.85. The van der Waals surface area contributed by atoms with E-state index in [4.69, 9.17) is 5.73 Å². The molecule has 0 aromatic carbocycles. The number of aromatic nitrogens is 2. The molecule has 1 atom stereocenters. The quantitative estimate of drug-likeness (QED) is 0.550. The van der Waals surface area contributed by atoms with Gasteiger partial charge < -0.3 is 15.6 Å². The molecule has 1 amide bonds. The first-order chi connectivity index (χ1) is 6.75. The van der Waals surface area contributed by atoms with Gasteiger partial charge in [-0.25, -0.2) is 4.98 Å². The van der Waals surface area contributed by atoms with Crippen LogP contribution in [0.4, 0.5) is 0 Å². The van der Waals surface area contributed by atoms with Crippen LogP contribution in [0, 0.1) is 0 Å². The van der Waals surface area contributed by atoms with Crippen molar-refractivity contribution in [1.82, 2.24) is 14.9 Å². The van der Waals surface area contributed by atoms with Gasteiger partial charge in [0.2, 0.25) is 0 Å². The molecule has 1 unspecified atom stereocenters. The molecule has 0 bridgehead atoms. The molecule has 1 aromatic heterocycles. The summed E-state index contributed by atoms with van der Waals surface area (Å²) in [6.45, 7) is 0.598. The van der Waals surface area contributed by atoms with Crippen molar-refractivity contribution >= 4 is 11.9 Å². The molecule has 14 heavy (non-hydrogen) atoms. The highest BCUT2D eigenvalue weighted by Crippen LogP contribution is 2.24. The number of carbonyl (C=O) groups excluding carboxylic acids is 1. The van der Waals surface area contributed by atoms with Gasteiger partial charge in [0.25, 0.3) is 5.91 Å².